The normalized spacial score (nSPS) is 10.6. The molecule has 0 aliphatic rings. The average Bonchev–Trinajstić information content (AvgIpc) is 2.97. The summed E-state index contributed by atoms with van der Waals surface area (Å²) in [5, 5.41) is 6.70. The lowest BCUT2D eigenvalue weighted by molar-refractivity contribution is -0.123. The van der Waals surface area contributed by atoms with Crippen LogP contribution < -0.4 is 25.0 Å². The number of methoxy groups -OCH3 is 1. The maximum Gasteiger partial charge on any atom is 0.277 e. The summed E-state index contributed by atoms with van der Waals surface area (Å²) in [5.41, 5.74) is 5.93. The first-order valence-electron chi connectivity index (χ1n) is 11.9. The number of nitrogens with one attached hydrogen (secondary N) is 2. The molecular formula is C30H27N3O5. The van der Waals surface area contributed by atoms with Gasteiger partial charge in [-0.1, -0.05) is 54.6 Å². The second-order valence-corrected chi connectivity index (χ2v) is 8.08. The van der Waals surface area contributed by atoms with Gasteiger partial charge in [-0.25, -0.2) is 5.43 Å². The molecule has 0 unspecified atom stereocenters. The summed E-state index contributed by atoms with van der Waals surface area (Å²) in [6.07, 6.45) is 1.50. The fourth-order valence-corrected chi connectivity index (χ4v) is 3.47. The van der Waals surface area contributed by atoms with Gasteiger partial charge in [0, 0.05) is 0 Å². The van der Waals surface area contributed by atoms with E-state index in [-0.39, 0.29) is 25.0 Å². The predicted molar refractivity (Wildman–Crippen MR) is 147 cm³/mol. The first-order chi connectivity index (χ1) is 18.6. The zero-order valence-corrected chi connectivity index (χ0v) is 20.8. The molecule has 0 saturated carbocycles. The Morgan fingerprint density at radius 3 is 1.97 bits per heavy atom. The Bertz CT molecular complexity index is 1370. The van der Waals surface area contributed by atoms with E-state index in [9.17, 15) is 9.59 Å². The number of hydrazone groups is 1. The highest BCUT2D eigenvalue weighted by molar-refractivity contribution is 5.93. The van der Waals surface area contributed by atoms with Gasteiger partial charge in [-0.2, -0.15) is 5.10 Å². The highest BCUT2D eigenvalue weighted by atomic mass is 16.5. The number of anilines is 1. The summed E-state index contributed by atoms with van der Waals surface area (Å²) in [6, 6.07) is 31.6. The maximum absolute atomic E-state index is 12.2. The molecule has 38 heavy (non-hydrogen) atoms. The van der Waals surface area contributed by atoms with E-state index in [4.69, 9.17) is 14.2 Å². The van der Waals surface area contributed by atoms with Crippen LogP contribution in [0.5, 0.6) is 17.2 Å². The van der Waals surface area contributed by atoms with E-state index in [1.54, 1.807) is 42.5 Å². The Labute approximate surface area is 220 Å². The summed E-state index contributed by atoms with van der Waals surface area (Å²) in [7, 11) is 1.54. The van der Waals surface area contributed by atoms with Crippen LogP contribution in [-0.2, 0) is 9.59 Å². The van der Waals surface area contributed by atoms with E-state index >= 15 is 0 Å². The molecule has 0 atom stereocenters. The molecule has 192 valence electrons. The van der Waals surface area contributed by atoms with Crippen LogP contribution in [0, 0.1) is 0 Å². The summed E-state index contributed by atoms with van der Waals surface area (Å²) in [6.45, 7) is -0.317. The predicted octanol–water partition coefficient (Wildman–Crippen LogP) is 4.91. The van der Waals surface area contributed by atoms with Crippen LogP contribution in [0.1, 0.15) is 5.56 Å². The zero-order chi connectivity index (χ0) is 26.6. The molecule has 0 bridgehead atoms. The lowest BCUT2D eigenvalue weighted by Gasteiger charge is -2.10. The van der Waals surface area contributed by atoms with Crippen molar-refractivity contribution in [3.8, 4) is 28.4 Å². The number of amides is 2. The number of ether oxygens (including phenoxy) is 3. The van der Waals surface area contributed by atoms with Crippen LogP contribution in [0.25, 0.3) is 11.1 Å². The summed E-state index contributed by atoms with van der Waals surface area (Å²) in [5.74, 6) is 0.997. The topological polar surface area (TPSA) is 98.3 Å². The van der Waals surface area contributed by atoms with Crippen molar-refractivity contribution in [1.82, 2.24) is 5.43 Å². The van der Waals surface area contributed by atoms with Crippen LogP contribution in [0.15, 0.2) is 108 Å². The highest BCUT2D eigenvalue weighted by Crippen LogP contribution is 2.23. The summed E-state index contributed by atoms with van der Waals surface area (Å²) >= 11 is 0. The molecule has 0 fully saturated rings. The molecule has 8 nitrogen and oxygen atoms in total. The number of carbonyl (C=O) groups excluding carboxylic acids is 2. The molecule has 0 radical (unpaired) electrons. The molecule has 4 aromatic rings. The van der Waals surface area contributed by atoms with Gasteiger partial charge in [0.1, 0.15) is 17.2 Å². The van der Waals surface area contributed by atoms with Gasteiger partial charge in [-0.05, 0) is 65.2 Å². The zero-order valence-electron chi connectivity index (χ0n) is 20.8. The third-order valence-electron chi connectivity index (χ3n) is 5.37. The summed E-state index contributed by atoms with van der Waals surface area (Å²) in [4.78, 5) is 24.2. The first kappa shape index (κ1) is 26.0. The van der Waals surface area contributed by atoms with Crippen molar-refractivity contribution in [2.24, 2.45) is 5.10 Å². The number of benzene rings is 4. The quantitative estimate of drug-likeness (QED) is 0.221. The summed E-state index contributed by atoms with van der Waals surface area (Å²) < 4.78 is 16.3. The second kappa shape index (κ2) is 13.3. The lowest BCUT2D eigenvalue weighted by atomic mass is 10.1. The molecule has 2 amide bonds. The average molecular weight is 510 g/mol. The SMILES string of the molecule is COc1ccccc1NC(=O)COc1ccc(/C=N/NC(=O)COc2ccc(-c3ccccc3)cc2)cc1. The van der Waals surface area contributed by atoms with E-state index in [0.29, 0.717) is 22.9 Å². The van der Waals surface area contributed by atoms with Crippen molar-refractivity contribution in [3.05, 3.63) is 109 Å². The minimum absolute atomic E-state index is 0.156. The molecule has 0 aromatic heterocycles. The number of carbonyl (C=O) groups is 2. The van der Waals surface area contributed by atoms with Gasteiger partial charge in [-0.3, -0.25) is 9.59 Å². The lowest BCUT2D eigenvalue weighted by Crippen LogP contribution is -2.24. The van der Waals surface area contributed by atoms with Crippen molar-refractivity contribution in [2.75, 3.05) is 25.6 Å². The van der Waals surface area contributed by atoms with Crippen molar-refractivity contribution in [3.63, 3.8) is 0 Å². The van der Waals surface area contributed by atoms with Gasteiger partial charge < -0.3 is 19.5 Å². The monoisotopic (exact) mass is 509 g/mol. The molecule has 0 heterocycles. The van der Waals surface area contributed by atoms with Crippen LogP contribution in [0.4, 0.5) is 5.69 Å². The minimum Gasteiger partial charge on any atom is -0.495 e. The third-order valence-corrected chi connectivity index (χ3v) is 5.37. The van der Waals surface area contributed by atoms with Gasteiger partial charge >= 0.3 is 0 Å². The Hall–Kier alpha value is -5.11. The largest absolute Gasteiger partial charge is 0.495 e. The molecule has 4 aromatic carbocycles. The fraction of sp³-hybridized carbons (Fsp3) is 0.100. The van der Waals surface area contributed by atoms with E-state index < -0.39 is 0 Å². The number of para-hydroxylation sites is 2. The van der Waals surface area contributed by atoms with E-state index in [1.807, 2.05) is 60.7 Å². The van der Waals surface area contributed by atoms with Gasteiger partial charge in [0.2, 0.25) is 0 Å². The number of rotatable bonds is 11. The molecule has 4 rings (SSSR count). The highest BCUT2D eigenvalue weighted by Gasteiger charge is 2.08. The maximum atomic E-state index is 12.2. The molecule has 0 aliphatic carbocycles. The van der Waals surface area contributed by atoms with Crippen molar-refractivity contribution < 1.29 is 23.8 Å². The smallest absolute Gasteiger partial charge is 0.277 e. The molecule has 8 heteroatoms. The van der Waals surface area contributed by atoms with E-state index in [2.05, 4.69) is 15.8 Å². The molecule has 0 spiro atoms. The Morgan fingerprint density at radius 2 is 1.29 bits per heavy atom. The van der Waals surface area contributed by atoms with Crippen molar-refractivity contribution in [2.45, 2.75) is 0 Å². The van der Waals surface area contributed by atoms with Gasteiger partial charge in [0.05, 0.1) is 19.0 Å². The second-order valence-electron chi connectivity index (χ2n) is 8.08. The van der Waals surface area contributed by atoms with Gasteiger partial charge in [-0.15, -0.1) is 0 Å². The fourth-order valence-electron chi connectivity index (χ4n) is 3.47. The van der Waals surface area contributed by atoms with Crippen molar-refractivity contribution in [1.29, 1.82) is 0 Å². The third kappa shape index (κ3) is 7.69. The number of nitrogens with zero attached hydrogens (tertiary/aromatic N) is 1. The van der Waals surface area contributed by atoms with Crippen molar-refractivity contribution >= 4 is 23.7 Å². The molecule has 0 aliphatic heterocycles. The Balaban J connectivity index is 1.17. The van der Waals surface area contributed by atoms with Crippen LogP contribution in [0.3, 0.4) is 0 Å². The molecule has 0 saturated heterocycles. The van der Waals surface area contributed by atoms with Gasteiger partial charge in [0.25, 0.3) is 11.8 Å². The number of hydrogen-bond donors (Lipinski definition) is 2. The Kier molecular flexibility index (Phi) is 9.07. The van der Waals surface area contributed by atoms with E-state index in [1.165, 1.54) is 13.3 Å². The van der Waals surface area contributed by atoms with Crippen LogP contribution in [-0.4, -0.2) is 38.4 Å². The van der Waals surface area contributed by atoms with Crippen LogP contribution >= 0.6 is 0 Å². The standard InChI is InChI=1S/C30H27N3O5/c1-36-28-10-6-5-9-27(28)32-29(34)20-37-25-15-11-22(12-16-25)19-31-33-30(35)21-38-26-17-13-24(14-18-26)23-7-3-2-4-8-23/h2-19H,20-21H2,1H3,(H,32,34)(H,33,35)/b31-19+. The number of hydrogen-bond acceptors (Lipinski definition) is 6. The minimum atomic E-state index is -0.380. The van der Waals surface area contributed by atoms with Gasteiger partial charge in [0.15, 0.2) is 13.2 Å². The molecular weight excluding hydrogens is 482 g/mol. The first-order valence-corrected chi connectivity index (χ1v) is 11.9. The molecule has 2 N–H and O–H groups in total. The van der Waals surface area contributed by atoms with Crippen LogP contribution in [0.2, 0.25) is 0 Å². The Morgan fingerprint density at radius 1 is 0.711 bits per heavy atom. The van der Waals surface area contributed by atoms with E-state index in [0.717, 1.165) is 16.7 Å².